The second kappa shape index (κ2) is 11.7. The van der Waals surface area contributed by atoms with Gasteiger partial charge in [-0.2, -0.15) is 28.2 Å². The lowest BCUT2D eigenvalue weighted by molar-refractivity contribution is -0.138. The molecule has 1 amide bonds. The Labute approximate surface area is 230 Å². The molecular weight excluding hydrogens is 562 g/mol. The quantitative estimate of drug-likeness (QED) is 0.360. The van der Waals surface area contributed by atoms with Gasteiger partial charge in [-0.15, -0.1) is 12.4 Å². The lowest BCUT2D eigenvalue weighted by Crippen LogP contribution is -2.35. The number of alkyl halides is 3. The van der Waals surface area contributed by atoms with Crippen molar-refractivity contribution >= 4 is 41.1 Å². The highest BCUT2D eigenvalue weighted by molar-refractivity contribution is 6.30. The Morgan fingerprint density at radius 1 is 1.28 bits per heavy atom. The van der Waals surface area contributed by atoms with Crippen LogP contribution < -0.4 is 16.0 Å². The fourth-order valence-electron chi connectivity index (χ4n) is 3.68. The molecule has 0 aliphatic heterocycles. The van der Waals surface area contributed by atoms with E-state index in [0.717, 1.165) is 21.5 Å². The number of nitrogens with two attached hydrogens (primary N) is 1. The average Bonchev–Trinajstić information content (AvgIpc) is 3.23. The Morgan fingerprint density at radius 3 is 2.69 bits per heavy atom. The van der Waals surface area contributed by atoms with Crippen molar-refractivity contribution in [3.63, 3.8) is 0 Å². The van der Waals surface area contributed by atoms with Gasteiger partial charge in [0.25, 0.3) is 5.56 Å². The number of hydrogen-bond donors (Lipinski definition) is 1. The van der Waals surface area contributed by atoms with Gasteiger partial charge in [-0.05, 0) is 36.4 Å². The number of nitrogens with zero attached hydrogens (tertiary/aromatic N) is 6. The molecule has 0 aliphatic rings. The first-order chi connectivity index (χ1) is 18.0. The van der Waals surface area contributed by atoms with E-state index in [4.69, 9.17) is 27.3 Å². The van der Waals surface area contributed by atoms with Crippen LogP contribution in [0.4, 0.5) is 18.0 Å². The van der Waals surface area contributed by atoms with Crippen molar-refractivity contribution in [2.75, 3.05) is 20.1 Å². The summed E-state index contributed by atoms with van der Waals surface area (Å²) in [5, 5.41) is 13.9. The third-order valence-corrected chi connectivity index (χ3v) is 5.68. The summed E-state index contributed by atoms with van der Waals surface area (Å²) in [6.45, 7) is 0.168. The summed E-state index contributed by atoms with van der Waals surface area (Å²) in [4.78, 5) is 31.6. The number of carbonyl (C=O) groups is 1. The number of nitriles is 1. The second-order valence-corrected chi connectivity index (χ2v) is 8.54. The largest absolute Gasteiger partial charge is 0.451 e. The van der Waals surface area contributed by atoms with Gasteiger partial charge < -0.3 is 19.9 Å². The molecule has 0 aliphatic carbocycles. The van der Waals surface area contributed by atoms with Gasteiger partial charge in [-0.1, -0.05) is 11.6 Å². The Bertz CT molecular complexity index is 1630. The maximum Gasteiger partial charge on any atom is 0.420 e. The highest BCUT2D eigenvalue weighted by atomic mass is 35.5. The van der Waals surface area contributed by atoms with Gasteiger partial charge >= 0.3 is 12.2 Å². The molecular formula is C24H20Cl2F3N7O3. The van der Waals surface area contributed by atoms with Gasteiger partial charge in [-0.25, -0.2) is 9.78 Å². The fourth-order valence-corrected chi connectivity index (χ4v) is 3.90. The van der Waals surface area contributed by atoms with Crippen molar-refractivity contribution in [3.8, 4) is 17.6 Å². The van der Waals surface area contributed by atoms with E-state index in [0.29, 0.717) is 11.5 Å². The van der Waals surface area contributed by atoms with Crippen molar-refractivity contribution in [2.24, 2.45) is 5.73 Å². The number of halogens is 5. The van der Waals surface area contributed by atoms with Crippen LogP contribution in [0.5, 0.6) is 11.5 Å². The monoisotopic (exact) mass is 581 g/mol. The van der Waals surface area contributed by atoms with E-state index in [1.807, 2.05) is 6.07 Å². The van der Waals surface area contributed by atoms with E-state index in [1.165, 1.54) is 30.3 Å². The third kappa shape index (κ3) is 6.14. The van der Waals surface area contributed by atoms with Crippen LogP contribution in [-0.4, -0.2) is 50.4 Å². The number of fused-ring (bicyclic) bond motifs is 1. The number of hydrogen-bond acceptors (Lipinski definition) is 7. The Hall–Kier alpha value is -4.12. The van der Waals surface area contributed by atoms with E-state index >= 15 is 0 Å². The van der Waals surface area contributed by atoms with Crippen LogP contribution >= 0.6 is 24.0 Å². The van der Waals surface area contributed by atoms with E-state index in [1.54, 1.807) is 12.1 Å². The first-order valence-corrected chi connectivity index (χ1v) is 11.4. The highest BCUT2D eigenvalue weighted by Crippen LogP contribution is 2.36. The van der Waals surface area contributed by atoms with Gasteiger partial charge in [-0.3, -0.25) is 4.79 Å². The molecule has 10 nitrogen and oxygen atoms in total. The summed E-state index contributed by atoms with van der Waals surface area (Å²) in [6.07, 6.45) is -2.50. The lowest BCUT2D eigenvalue weighted by atomic mass is 10.2. The first kappa shape index (κ1) is 29.4. The number of ether oxygens (including phenoxy) is 1. The van der Waals surface area contributed by atoms with Crippen molar-refractivity contribution in [1.29, 1.82) is 5.26 Å². The zero-order valence-corrected chi connectivity index (χ0v) is 21.7. The number of pyridine rings is 2. The molecule has 3 aromatic heterocycles. The summed E-state index contributed by atoms with van der Waals surface area (Å²) in [7, 11) is 1.53. The average molecular weight is 582 g/mol. The molecule has 39 heavy (non-hydrogen) atoms. The molecule has 3 heterocycles. The molecule has 2 N–H and O–H groups in total. The number of rotatable bonds is 6. The van der Waals surface area contributed by atoms with Gasteiger partial charge in [0.05, 0.1) is 23.9 Å². The minimum atomic E-state index is -4.91. The molecule has 0 bridgehead atoms. The SMILES string of the molecule is CN(CCN)C(=O)n1nc(Cn2ccc(C(F)(F)F)c(Oc3cc(Cl)cc(C#N)c3)c2=O)c2cccnc21.Cl. The second-order valence-electron chi connectivity index (χ2n) is 8.10. The van der Waals surface area contributed by atoms with Crippen LogP contribution in [0.1, 0.15) is 16.8 Å². The van der Waals surface area contributed by atoms with Gasteiger partial charge in [0.15, 0.2) is 5.65 Å². The van der Waals surface area contributed by atoms with Gasteiger partial charge in [0.1, 0.15) is 11.3 Å². The third-order valence-electron chi connectivity index (χ3n) is 5.46. The Morgan fingerprint density at radius 2 is 2.03 bits per heavy atom. The molecule has 1 aromatic carbocycles. The number of likely N-dealkylation sites (N-methyl/N-ethyl adjacent to an activating group) is 1. The molecule has 0 fully saturated rings. The molecule has 15 heteroatoms. The minimum absolute atomic E-state index is 0. The van der Waals surface area contributed by atoms with E-state index in [9.17, 15) is 22.8 Å². The summed E-state index contributed by atoms with van der Waals surface area (Å²) in [6, 6.07) is 8.85. The van der Waals surface area contributed by atoms with Crippen LogP contribution in [0.3, 0.4) is 0 Å². The van der Waals surface area contributed by atoms with Crippen molar-refractivity contribution in [3.05, 3.63) is 81.0 Å². The lowest BCUT2D eigenvalue weighted by Gasteiger charge is -2.16. The molecule has 0 atom stereocenters. The molecule has 0 radical (unpaired) electrons. The highest BCUT2D eigenvalue weighted by Gasteiger charge is 2.37. The van der Waals surface area contributed by atoms with Crippen LogP contribution in [0.2, 0.25) is 5.02 Å². The van der Waals surface area contributed by atoms with Crippen molar-refractivity contribution in [2.45, 2.75) is 12.7 Å². The number of benzene rings is 1. The summed E-state index contributed by atoms with van der Waals surface area (Å²) >= 11 is 5.94. The molecule has 0 saturated carbocycles. The Kier molecular flexibility index (Phi) is 8.85. The first-order valence-electron chi connectivity index (χ1n) is 11.0. The summed E-state index contributed by atoms with van der Waals surface area (Å²) in [5.74, 6) is -1.23. The summed E-state index contributed by atoms with van der Waals surface area (Å²) in [5.41, 5.74) is 3.55. The minimum Gasteiger partial charge on any atom is -0.451 e. The molecule has 4 rings (SSSR count). The standard InChI is InChI=1S/C24H19ClF3N7O3.ClH/c1-33(8-5-29)23(37)35-21-17(3-2-6-31-21)19(32-35)13-34-7-4-18(24(26,27)28)20(22(34)36)38-16-10-14(12-30)9-15(25)11-16;/h2-4,6-7,9-11H,5,8,13,29H2,1H3;1H. The smallest absolute Gasteiger partial charge is 0.420 e. The van der Waals surface area contributed by atoms with Gasteiger partial charge in [0, 0.05) is 42.9 Å². The Balaban J connectivity index is 0.00000420. The molecule has 0 saturated heterocycles. The maximum atomic E-state index is 13.8. The van der Waals surface area contributed by atoms with Crippen LogP contribution in [0, 0.1) is 11.3 Å². The molecule has 0 unspecified atom stereocenters. The summed E-state index contributed by atoms with van der Waals surface area (Å²) < 4.78 is 48.7. The topological polar surface area (TPSA) is 132 Å². The van der Waals surface area contributed by atoms with E-state index in [2.05, 4.69) is 10.1 Å². The fraction of sp³-hybridized carbons (Fsp3) is 0.208. The van der Waals surface area contributed by atoms with Crippen LogP contribution in [0.15, 0.2) is 53.6 Å². The molecule has 204 valence electrons. The van der Waals surface area contributed by atoms with Gasteiger partial charge in [0.2, 0.25) is 5.75 Å². The molecule has 0 spiro atoms. The predicted molar refractivity (Wildman–Crippen MR) is 138 cm³/mol. The van der Waals surface area contributed by atoms with Crippen molar-refractivity contribution < 1.29 is 22.7 Å². The van der Waals surface area contributed by atoms with Crippen molar-refractivity contribution in [1.82, 2.24) is 24.2 Å². The van der Waals surface area contributed by atoms with Crippen LogP contribution in [-0.2, 0) is 12.7 Å². The number of aromatic nitrogens is 4. The number of amides is 1. The zero-order chi connectivity index (χ0) is 27.6. The molecule has 4 aromatic rings. The number of carbonyl (C=O) groups excluding carboxylic acids is 1. The maximum absolute atomic E-state index is 13.8. The zero-order valence-electron chi connectivity index (χ0n) is 20.1. The predicted octanol–water partition coefficient (Wildman–Crippen LogP) is 4.26. The normalized spacial score (nSPS) is 11.1. The van der Waals surface area contributed by atoms with Crippen LogP contribution in [0.25, 0.3) is 11.0 Å². The van der Waals surface area contributed by atoms with E-state index in [-0.39, 0.29) is 59.7 Å². The van der Waals surface area contributed by atoms with E-state index < -0.39 is 29.1 Å².